The third-order valence-corrected chi connectivity index (χ3v) is 8.30. The van der Waals surface area contributed by atoms with Crippen LogP contribution in [0.15, 0.2) is 94.5 Å². The van der Waals surface area contributed by atoms with Gasteiger partial charge in [0.1, 0.15) is 6.61 Å². The van der Waals surface area contributed by atoms with E-state index in [-0.39, 0.29) is 22.7 Å². The molecular formula is C35H30Cl2N4O4. The molecule has 4 aromatic carbocycles. The molecule has 0 aliphatic heterocycles. The molecule has 0 fully saturated rings. The molecular weight excluding hydrogens is 611 g/mol. The van der Waals surface area contributed by atoms with Crippen molar-refractivity contribution < 1.29 is 9.47 Å². The summed E-state index contributed by atoms with van der Waals surface area (Å²) >= 11 is 12.9. The number of nitrogens with one attached hydrogen (secondary N) is 4. The number of aromatic amines is 4. The first-order valence-corrected chi connectivity index (χ1v) is 15.0. The Morgan fingerprint density at radius 1 is 0.689 bits per heavy atom. The summed E-state index contributed by atoms with van der Waals surface area (Å²) in [4.78, 5) is 27.4. The Labute approximate surface area is 268 Å². The van der Waals surface area contributed by atoms with E-state index < -0.39 is 5.92 Å². The van der Waals surface area contributed by atoms with E-state index >= 15 is 0 Å². The smallest absolute Gasteiger partial charge is 0.268 e. The van der Waals surface area contributed by atoms with E-state index in [4.69, 9.17) is 32.7 Å². The van der Waals surface area contributed by atoms with Crippen LogP contribution >= 0.6 is 23.2 Å². The predicted octanol–water partition coefficient (Wildman–Crippen LogP) is 7.74. The first-order chi connectivity index (χ1) is 21.7. The maximum absolute atomic E-state index is 13.7. The fourth-order valence-electron chi connectivity index (χ4n) is 5.44. The van der Waals surface area contributed by atoms with Crippen molar-refractivity contribution in [1.82, 2.24) is 20.4 Å². The second kappa shape index (κ2) is 12.6. The molecule has 0 spiro atoms. The van der Waals surface area contributed by atoms with Crippen LogP contribution in [-0.2, 0) is 6.61 Å². The molecule has 6 rings (SSSR count). The molecule has 8 nitrogen and oxygen atoms in total. The summed E-state index contributed by atoms with van der Waals surface area (Å²) in [6.07, 6.45) is 0. The lowest BCUT2D eigenvalue weighted by Crippen LogP contribution is -2.20. The molecule has 10 heteroatoms. The van der Waals surface area contributed by atoms with Crippen molar-refractivity contribution in [2.75, 3.05) is 7.11 Å². The van der Waals surface area contributed by atoms with Gasteiger partial charge in [-0.3, -0.25) is 30.0 Å². The molecule has 0 amide bonds. The molecule has 4 N–H and O–H groups in total. The van der Waals surface area contributed by atoms with Gasteiger partial charge < -0.3 is 9.47 Å². The van der Waals surface area contributed by atoms with Crippen molar-refractivity contribution >= 4 is 23.2 Å². The van der Waals surface area contributed by atoms with E-state index in [0.29, 0.717) is 44.6 Å². The minimum Gasteiger partial charge on any atom is -0.493 e. The highest BCUT2D eigenvalue weighted by atomic mass is 35.5. The zero-order valence-electron chi connectivity index (χ0n) is 24.8. The Morgan fingerprint density at radius 3 is 1.69 bits per heavy atom. The zero-order chi connectivity index (χ0) is 31.7. The van der Waals surface area contributed by atoms with E-state index in [9.17, 15) is 9.59 Å². The molecule has 6 aromatic rings. The van der Waals surface area contributed by atoms with E-state index in [0.717, 1.165) is 27.8 Å². The minimum atomic E-state index is -0.862. The van der Waals surface area contributed by atoms with Gasteiger partial charge in [-0.2, -0.15) is 0 Å². The van der Waals surface area contributed by atoms with Crippen molar-refractivity contribution in [2.24, 2.45) is 0 Å². The van der Waals surface area contributed by atoms with Gasteiger partial charge in [0.2, 0.25) is 0 Å². The number of ether oxygens (including phenoxy) is 2. The highest BCUT2D eigenvalue weighted by Gasteiger charge is 2.32. The van der Waals surface area contributed by atoms with E-state index in [1.807, 2.05) is 74.5 Å². The molecule has 228 valence electrons. The van der Waals surface area contributed by atoms with Gasteiger partial charge in [0.15, 0.2) is 11.5 Å². The number of H-pyrrole nitrogens is 4. The molecule has 2 heterocycles. The average molecular weight is 642 g/mol. The normalized spacial score (nSPS) is 11.2. The standard InChI is InChI=1S/C35H30Cl2N4O4/c1-19-4-10-22(11-5-19)31-29(34(42)40-38-31)28(30-32(39-41-35(30)43)23-12-6-20(2)7-13-23)24-16-26(37)33(27(17-24)44-3)45-18-21-8-14-25(36)15-9-21/h4-17,28H,18H2,1-3H3,(H2,38,40,42)(H2,39,41,43). The fourth-order valence-corrected chi connectivity index (χ4v) is 5.84. The molecule has 0 saturated carbocycles. The monoisotopic (exact) mass is 640 g/mol. The molecule has 0 aliphatic rings. The SMILES string of the molecule is COc1cc(C(c2c(-c3ccc(C)cc3)[nH][nH]c2=O)c2c(-c3ccc(C)cc3)[nH][nH]c2=O)cc(Cl)c1OCc1ccc(Cl)cc1. The second-order valence-corrected chi connectivity index (χ2v) is 11.7. The molecule has 0 radical (unpaired) electrons. The Bertz CT molecular complexity index is 1980. The Balaban J connectivity index is 1.54. The van der Waals surface area contributed by atoms with Crippen LogP contribution in [0, 0.1) is 13.8 Å². The molecule has 45 heavy (non-hydrogen) atoms. The highest BCUT2D eigenvalue weighted by molar-refractivity contribution is 6.32. The number of rotatable bonds is 9. The van der Waals surface area contributed by atoms with Gasteiger partial charge in [-0.1, -0.05) is 95.0 Å². The van der Waals surface area contributed by atoms with Gasteiger partial charge in [0.05, 0.1) is 34.6 Å². The number of aryl methyl sites for hydroxylation is 2. The van der Waals surface area contributed by atoms with Gasteiger partial charge in [0, 0.05) is 10.9 Å². The summed E-state index contributed by atoms with van der Waals surface area (Å²) in [6, 6.07) is 26.3. The number of benzene rings is 4. The Morgan fingerprint density at radius 2 is 1.20 bits per heavy atom. The van der Waals surface area contributed by atoms with E-state index in [1.54, 1.807) is 24.3 Å². The number of hydrogen-bond donors (Lipinski definition) is 4. The topological polar surface area (TPSA) is 116 Å². The maximum atomic E-state index is 13.7. The van der Waals surface area contributed by atoms with Crippen LogP contribution in [-0.4, -0.2) is 27.5 Å². The van der Waals surface area contributed by atoms with Crippen LogP contribution in [0.5, 0.6) is 11.5 Å². The predicted molar refractivity (Wildman–Crippen MR) is 178 cm³/mol. The Hall–Kier alpha value is -4.92. The third kappa shape index (κ3) is 6.07. The zero-order valence-corrected chi connectivity index (χ0v) is 26.3. The summed E-state index contributed by atoms with van der Waals surface area (Å²) in [6.45, 7) is 4.21. The van der Waals surface area contributed by atoms with Crippen molar-refractivity contribution in [3.63, 3.8) is 0 Å². The van der Waals surface area contributed by atoms with Crippen molar-refractivity contribution in [3.8, 4) is 34.0 Å². The van der Waals surface area contributed by atoms with Crippen LogP contribution in [0.4, 0.5) is 0 Å². The average Bonchev–Trinajstić information content (AvgIpc) is 3.60. The number of hydrogen-bond acceptors (Lipinski definition) is 4. The van der Waals surface area contributed by atoms with Crippen LogP contribution < -0.4 is 20.6 Å². The maximum Gasteiger partial charge on any atom is 0.268 e. The molecule has 2 aromatic heterocycles. The van der Waals surface area contributed by atoms with Crippen LogP contribution in [0.25, 0.3) is 22.5 Å². The molecule has 0 unspecified atom stereocenters. The van der Waals surface area contributed by atoms with Gasteiger partial charge >= 0.3 is 0 Å². The fraction of sp³-hybridized carbons (Fsp3) is 0.143. The molecule has 0 bridgehead atoms. The van der Waals surface area contributed by atoms with E-state index in [2.05, 4.69) is 20.4 Å². The lowest BCUT2D eigenvalue weighted by atomic mass is 9.82. The summed E-state index contributed by atoms with van der Waals surface area (Å²) in [7, 11) is 1.52. The first kappa shape index (κ1) is 30.1. The largest absolute Gasteiger partial charge is 0.493 e. The minimum absolute atomic E-state index is 0.222. The second-order valence-electron chi connectivity index (χ2n) is 10.8. The number of aromatic nitrogens is 4. The van der Waals surface area contributed by atoms with Gasteiger partial charge in [-0.25, -0.2) is 0 Å². The van der Waals surface area contributed by atoms with Crippen LogP contribution in [0.2, 0.25) is 10.0 Å². The van der Waals surface area contributed by atoms with E-state index in [1.165, 1.54) is 7.11 Å². The first-order valence-electron chi connectivity index (χ1n) is 14.2. The molecule has 0 atom stereocenters. The number of methoxy groups -OCH3 is 1. The van der Waals surface area contributed by atoms with Gasteiger partial charge in [-0.15, -0.1) is 0 Å². The van der Waals surface area contributed by atoms with Crippen molar-refractivity contribution in [2.45, 2.75) is 26.4 Å². The molecule has 0 saturated heterocycles. The summed E-state index contributed by atoms with van der Waals surface area (Å²) in [5.41, 5.74) is 6.23. The molecule has 0 aliphatic carbocycles. The van der Waals surface area contributed by atoms with Crippen LogP contribution in [0.3, 0.4) is 0 Å². The summed E-state index contributed by atoms with van der Waals surface area (Å²) in [5, 5.41) is 12.5. The number of halogens is 2. The van der Waals surface area contributed by atoms with Crippen LogP contribution in [0.1, 0.15) is 39.3 Å². The highest BCUT2D eigenvalue weighted by Crippen LogP contribution is 2.44. The lowest BCUT2D eigenvalue weighted by Gasteiger charge is -2.21. The summed E-state index contributed by atoms with van der Waals surface area (Å²) in [5.74, 6) is -0.177. The van der Waals surface area contributed by atoms with Crippen molar-refractivity contribution in [1.29, 1.82) is 0 Å². The van der Waals surface area contributed by atoms with Gasteiger partial charge in [-0.05, 0) is 60.4 Å². The Kier molecular flexibility index (Phi) is 8.43. The van der Waals surface area contributed by atoms with Crippen molar-refractivity contribution in [3.05, 3.63) is 149 Å². The quantitative estimate of drug-likeness (QED) is 0.129. The van der Waals surface area contributed by atoms with Gasteiger partial charge in [0.25, 0.3) is 11.1 Å². The lowest BCUT2D eigenvalue weighted by molar-refractivity contribution is 0.284. The third-order valence-electron chi connectivity index (χ3n) is 7.77. The summed E-state index contributed by atoms with van der Waals surface area (Å²) < 4.78 is 11.9.